The maximum atomic E-state index is 6.61. The summed E-state index contributed by atoms with van der Waals surface area (Å²) < 4.78 is 5.95. The highest BCUT2D eigenvalue weighted by Crippen LogP contribution is 2.37. The van der Waals surface area contributed by atoms with Crippen molar-refractivity contribution in [2.24, 2.45) is 0 Å². The third kappa shape index (κ3) is 4.93. The standard InChI is InChI=1S/C24H24Cl2N2O/c25-22-8-4-7-21(23(22)26)24(28-15-13-27-14-16-28)19-9-11-20(12-10-19)29-17-18-5-2-1-3-6-18/h1-12,24,27H,13-17H2. The average molecular weight is 427 g/mol. The Morgan fingerprint density at radius 3 is 2.31 bits per heavy atom. The summed E-state index contributed by atoms with van der Waals surface area (Å²) in [6, 6.07) is 24.4. The SMILES string of the molecule is Clc1cccc(C(c2ccc(OCc3ccccc3)cc2)N2CCNCC2)c1Cl. The van der Waals surface area contributed by atoms with Gasteiger partial charge in [-0.3, -0.25) is 4.90 Å². The molecule has 5 heteroatoms. The zero-order chi connectivity index (χ0) is 20.1. The smallest absolute Gasteiger partial charge is 0.119 e. The number of ether oxygens (including phenoxy) is 1. The molecule has 150 valence electrons. The Bertz CT molecular complexity index is 925. The normalized spacial score (nSPS) is 15.8. The van der Waals surface area contributed by atoms with Gasteiger partial charge in [-0.05, 0) is 34.9 Å². The van der Waals surface area contributed by atoms with Crippen LogP contribution in [0.25, 0.3) is 0 Å². The first kappa shape index (κ1) is 20.2. The molecular weight excluding hydrogens is 403 g/mol. The van der Waals surface area contributed by atoms with Crippen molar-refractivity contribution in [1.82, 2.24) is 10.2 Å². The lowest BCUT2D eigenvalue weighted by Crippen LogP contribution is -2.45. The van der Waals surface area contributed by atoms with Crippen LogP contribution in [-0.4, -0.2) is 31.1 Å². The van der Waals surface area contributed by atoms with Crippen LogP contribution in [0.15, 0.2) is 72.8 Å². The predicted molar refractivity (Wildman–Crippen MR) is 120 cm³/mol. The highest BCUT2D eigenvalue weighted by molar-refractivity contribution is 6.42. The molecule has 0 spiro atoms. The Balaban J connectivity index is 1.58. The van der Waals surface area contributed by atoms with Gasteiger partial charge in [0.15, 0.2) is 0 Å². The van der Waals surface area contributed by atoms with E-state index in [1.165, 1.54) is 5.56 Å². The summed E-state index contributed by atoms with van der Waals surface area (Å²) in [7, 11) is 0. The van der Waals surface area contributed by atoms with Gasteiger partial charge in [0.25, 0.3) is 0 Å². The minimum Gasteiger partial charge on any atom is -0.489 e. The summed E-state index contributed by atoms with van der Waals surface area (Å²) >= 11 is 12.9. The summed E-state index contributed by atoms with van der Waals surface area (Å²) in [5.41, 5.74) is 3.38. The van der Waals surface area contributed by atoms with Gasteiger partial charge >= 0.3 is 0 Å². The van der Waals surface area contributed by atoms with Crippen LogP contribution in [0.1, 0.15) is 22.7 Å². The van der Waals surface area contributed by atoms with E-state index in [0.29, 0.717) is 16.7 Å². The van der Waals surface area contributed by atoms with Crippen molar-refractivity contribution in [3.05, 3.63) is 99.5 Å². The van der Waals surface area contributed by atoms with Crippen molar-refractivity contribution >= 4 is 23.2 Å². The van der Waals surface area contributed by atoms with Gasteiger partial charge in [0.2, 0.25) is 0 Å². The van der Waals surface area contributed by atoms with Crippen LogP contribution in [0.4, 0.5) is 0 Å². The fourth-order valence-electron chi connectivity index (χ4n) is 3.75. The molecule has 1 heterocycles. The van der Waals surface area contributed by atoms with Crippen LogP contribution in [0.3, 0.4) is 0 Å². The number of piperazine rings is 1. The van der Waals surface area contributed by atoms with E-state index < -0.39 is 0 Å². The van der Waals surface area contributed by atoms with Gasteiger partial charge in [0.05, 0.1) is 16.1 Å². The van der Waals surface area contributed by atoms with E-state index in [2.05, 4.69) is 40.5 Å². The molecule has 0 bridgehead atoms. The first-order valence-electron chi connectivity index (χ1n) is 9.88. The van der Waals surface area contributed by atoms with Gasteiger partial charge in [-0.1, -0.05) is 77.8 Å². The molecule has 1 aliphatic rings. The molecule has 1 atom stereocenters. The number of benzene rings is 3. The Hall–Kier alpha value is -2.04. The highest BCUT2D eigenvalue weighted by atomic mass is 35.5. The van der Waals surface area contributed by atoms with Gasteiger partial charge in [0.1, 0.15) is 12.4 Å². The summed E-state index contributed by atoms with van der Waals surface area (Å²) in [6.45, 7) is 4.40. The van der Waals surface area contributed by atoms with Crippen LogP contribution < -0.4 is 10.1 Å². The molecule has 3 aromatic carbocycles. The van der Waals surface area contributed by atoms with Crippen molar-refractivity contribution in [1.29, 1.82) is 0 Å². The molecular formula is C24H24Cl2N2O. The van der Waals surface area contributed by atoms with Crippen molar-refractivity contribution in [3.8, 4) is 5.75 Å². The average Bonchev–Trinajstić information content (AvgIpc) is 2.78. The number of nitrogens with zero attached hydrogens (tertiary/aromatic N) is 1. The molecule has 3 nitrogen and oxygen atoms in total. The molecule has 1 N–H and O–H groups in total. The van der Waals surface area contributed by atoms with Gasteiger partial charge < -0.3 is 10.1 Å². The quantitative estimate of drug-likeness (QED) is 0.557. The molecule has 0 saturated carbocycles. The van der Waals surface area contributed by atoms with E-state index in [-0.39, 0.29) is 6.04 Å². The summed E-state index contributed by atoms with van der Waals surface area (Å²) in [5.74, 6) is 0.855. The maximum absolute atomic E-state index is 6.61. The molecule has 1 unspecified atom stereocenters. The second-order valence-electron chi connectivity index (χ2n) is 7.17. The van der Waals surface area contributed by atoms with Crippen LogP contribution in [-0.2, 0) is 6.61 Å². The molecule has 1 saturated heterocycles. The van der Waals surface area contributed by atoms with Crippen LogP contribution in [0, 0.1) is 0 Å². The van der Waals surface area contributed by atoms with Crippen molar-refractivity contribution in [2.75, 3.05) is 26.2 Å². The maximum Gasteiger partial charge on any atom is 0.119 e. The van der Waals surface area contributed by atoms with Crippen LogP contribution in [0.2, 0.25) is 10.0 Å². The fraction of sp³-hybridized carbons (Fsp3) is 0.250. The fourth-order valence-corrected chi connectivity index (χ4v) is 4.16. The lowest BCUT2D eigenvalue weighted by Gasteiger charge is -2.36. The third-order valence-corrected chi connectivity index (χ3v) is 6.07. The summed E-state index contributed by atoms with van der Waals surface area (Å²) in [4.78, 5) is 2.45. The monoisotopic (exact) mass is 426 g/mol. The molecule has 0 aliphatic carbocycles. The summed E-state index contributed by atoms with van der Waals surface area (Å²) in [6.07, 6.45) is 0. The van der Waals surface area contributed by atoms with E-state index in [9.17, 15) is 0 Å². The Labute approximate surface area is 182 Å². The van der Waals surface area contributed by atoms with E-state index in [1.807, 2.05) is 42.5 Å². The number of halogens is 2. The lowest BCUT2D eigenvalue weighted by atomic mass is 9.96. The van der Waals surface area contributed by atoms with Crippen molar-refractivity contribution < 1.29 is 4.74 Å². The van der Waals surface area contributed by atoms with E-state index in [4.69, 9.17) is 27.9 Å². The molecule has 0 radical (unpaired) electrons. The Morgan fingerprint density at radius 2 is 1.59 bits per heavy atom. The number of hydrogen-bond acceptors (Lipinski definition) is 3. The van der Waals surface area contributed by atoms with Gasteiger partial charge in [0, 0.05) is 26.2 Å². The Morgan fingerprint density at radius 1 is 0.862 bits per heavy atom. The van der Waals surface area contributed by atoms with Gasteiger partial charge in [-0.15, -0.1) is 0 Å². The second-order valence-corrected chi connectivity index (χ2v) is 7.96. The van der Waals surface area contributed by atoms with Gasteiger partial charge in [-0.25, -0.2) is 0 Å². The zero-order valence-corrected chi connectivity index (χ0v) is 17.7. The van der Waals surface area contributed by atoms with E-state index in [0.717, 1.165) is 43.1 Å². The first-order chi connectivity index (χ1) is 14.2. The minimum absolute atomic E-state index is 0.0615. The first-order valence-corrected chi connectivity index (χ1v) is 10.6. The molecule has 0 aromatic heterocycles. The topological polar surface area (TPSA) is 24.5 Å². The summed E-state index contributed by atoms with van der Waals surface area (Å²) in [5, 5.41) is 4.64. The molecule has 0 amide bonds. The molecule has 29 heavy (non-hydrogen) atoms. The molecule has 4 rings (SSSR count). The number of hydrogen-bond donors (Lipinski definition) is 1. The second kappa shape index (κ2) is 9.64. The lowest BCUT2D eigenvalue weighted by molar-refractivity contribution is 0.198. The number of rotatable bonds is 6. The van der Waals surface area contributed by atoms with Crippen LogP contribution >= 0.6 is 23.2 Å². The Kier molecular flexibility index (Phi) is 6.73. The van der Waals surface area contributed by atoms with E-state index >= 15 is 0 Å². The molecule has 1 fully saturated rings. The van der Waals surface area contributed by atoms with Crippen molar-refractivity contribution in [3.63, 3.8) is 0 Å². The number of nitrogens with one attached hydrogen (secondary N) is 1. The largest absolute Gasteiger partial charge is 0.489 e. The van der Waals surface area contributed by atoms with Crippen LogP contribution in [0.5, 0.6) is 5.75 Å². The highest BCUT2D eigenvalue weighted by Gasteiger charge is 2.26. The minimum atomic E-state index is 0.0615. The zero-order valence-electron chi connectivity index (χ0n) is 16.2. The van der Waals surface area contributed by atoms with Gasteiger partial charge in [-0.2, -0.15) is 0 Å². The molecule has 1 aliphatic heterocycles. The molecule has 3 aromatic rings. The van der Waals surface area contributed by atoms with Crippen molar-refractivity contribution in [2.45, 2.75) is 12.6 Å². The predicted octanol–water partition coefficient (Wildman–Crippen LogP) is 5.57. The third-order valence-electron chi connectivity index (χ3n) is 5.24. The van der Waals surface area contributed by atoms with E-state index in [1.54, 1.807) is 0 Å².